The zero-order valence-electron chi connectivity index (χ0n) is 10.4. The van der Waals surface area contributed by atoms with Crippen molar-refractivity contribution in [1.29, 1.82) is 0 Å². The quantitative estimate of drug-likeness (QED) is 0.810. The highest BCUT2D eigenvalue weighted by molar-refractivity contribution is 5.87. The van der Waals surface area contributed by atoms with Gasteiger partial charge in [0.25, 0.3) is 0 Å². The van der Waals surface area contributed by atoms with E-state index in [0.717, 1.165) is 11.3 Å². The SMILES string of the molecule is COc1ccc(C2(N)C(C(C)=O)C2(C)N)cc1. The number of nitrogens with two attached hydrogens (primary N) is 2. The molecule has 0 spiro atoms. The molecule has 0 saturated heterocycles. The van der Waals surface area contributed by atoms with Gasteiger partial charge in [-0.2, -0.15) is 0 Å². The first kappa shape index (κ1) is 12.1. The Bertz CT molecular complexity index is 453. The highest BCUT2D eigenvalue weighted by Crippen LogP contribution is 2.57. The highest BCUT2D eigenvalue weighted by atomic mass is 16.5. The van der Waals surface area contributed by atoms with Gasteiger partial charge in [-0.25, -0.2) is 0 Å². The molecule has 17 heavy (non-hydrogen) atoms. The first-order valence-corrected chi connectivity index (χ1v) is 5.58. The Kier molecular flexibility index (Phi) is 2.52. The molecule has 4 heteroatoms. The number of carbonyl (C=O) groups is 1. The van der Waals surface area contributed by atoms with Gasteiger partial charge in [0.05, 0.1) is 18.6 Å². The van der Waals surface area contributed by atoms with Crippen LogP contribution in [0.15, 0.2) is 24.3 Å². The van der Waals surface area contributed by atoms with E-state index in [2.05, 4.69) is 0 Å². The fourth-order valence-corrected chi connectivity index (χ4v) is 2.76. The third kappa shape index (κ3) is 1.48. The summed E-state index contributed by atoms with van der Waals surface area (Å²) in [7, 11) is 1.61. The van der Waals surface area contributed by atoms with E-state index in [0.29, 0.717) is 0 Å². The molecule has 3 atom stereocenters. The van der Waals surface area contributed by atoms with Crippen LogP contribution in [0.1, 0.15) is 19.4 Å². The van der Waals surface area contributed by atoms with Gasteiger partial charge in [0.15, 0.2) is 0 Å². The van der Waals surface area contributed by atoms with Crippen molar-refractivity contribution in [1.82, 2.24) is 0 Å². The number of rotatable bonds is 3. The smallest absolute Gasteiger partial charge is 0.137 e. The lowest BCUT2D eigenvalue weighted by atomic mass is 10.00. The third-order valence-electron chi connectivity index (χ3n) is 3.84. The predicted octanol–water partition coefficient (Wildman–Crippen LogP) is 0.785. The van der Waals surface area contributed by atoms with Gasteiger partial charge in [0, 0.05) is 5.54 Å². The summed E-state index contributed by atoms with van der Waals surface area (Å²) < 4.78 is 5.09. The average molecular weight is 234 g/mol. The van der Waals surface area contributed by atoms with Crippen molar-refractivity contribution in [2.45, 2.75) is 24.9 Å². The Labute approximate surface area is 101 Å². The summed E-state index contributed by atoms with van der Waals surface area (Å²) in [5.74, 6) is 0.479. The van der Waals surface area contributed by atoms with Crippen molar-refractivity contribution >= 4 is 5.78 Å². The van der Waals surface area contributed by atoms with E-state index in [4.69, 9.17) is 16.2 Å². The van der Waals surface area contributed by atoms with Gasteiger partial charge in [-0.05, 0) is 31.5 Å². The molecule has 1 aliphatic carbocycles. The minimum absolute atomic E-state index is 0.0355. The van der Waals surface area contributed by atoms with Crippen LogP contribution in [-0.2, 0) is 10.3 Å². The largest absolute Gasteiger partial charge is 0.497 e. The molecule has 0 amide bonds. The summed E-state index contributed by atoms with van der Waals surface area (Å²) in [4.78, 5) is 11.5. The van der Waals surface area contributed by atoms with E-state index in [9.17, 15) is 4.79 Å². The minimum atomic E-state index is -0.759. The molecule has 0 aromatic heterocycles. The number of ether oxygens (including phenoxy) is 1. The van der Waals surface area contributed by atoms with Gasteiger partial charge in [0.1, 0.15) is 11.5 Å². The Balaban J connectivity index is 2.37. The second kappa shape index (κ2) is 3.55. The molecule has 3 unspecified atom stereocenters. The lowest BCUT2D eigenvalue weighted by molar-refractivity contribution is -0.118. The van der Waals surface area contributed by atoms with E-state index in [1.807, 2.05) is 31.2 Å². The standard InChI is InChI=1S/C13H18N2O2/c1-8(16)11-12(2,14)13(11,15)9-4-6-10(17-3)7-5-9/h4-7,11H,14-15H2,1-3H3. The maximum atomic E-state index is 11.5. The van der Waals surface area contributed by atoms with Gasteiger partial charge >= 0.3 is 0 Å². The van der Waals surface area contributed by atoms with E-state index >= 15 is 0 Å². The van der Waals surface area contributed by atoms with Gasteiger partial charge in [-0.15, -0.1) is 0 Å². The summed E-state index contributed by atoms with van der Waals surface area (Å²) >= 11 is 0. The molecule has 1 aliphatic rings. The van der Waals surface area contributed by atoms with Crippen LogP contribution in [0, 0.1) is 5.92 Å². The minimum Gasteiger partial charge on any atom is -0.497 e. The van der Waals surface area contributed by atoms with E-state index in [1.54, 1.807) is 7.11 Å². The van der Waals surface area contributed by atoms with E-state index < -0.39 is 11.1 Å². The van der Waals surface area contributed by atoms with Crippen molar-refractivity contribution in [3.63, 3.8) is 0 Å². The van der Waals surface area contributed by atoms with Gasteiger partial charge in [-0.3, -0.25) is 4.79 Å². The van der Waals surface area contributed by atoms with Crippen LogP contribution >= 0.6 is 0 Å². The maximum absolute atomic E-state index is 11.5. The molecule has 2 rings (SSSR count). The molecular weight excluding hydrogens is 216 g/mol. The molecule has 1 aromatic rings. The molecule has 1 aromatic carbocycles. The van der Waals surface area contributed by atoms with E-state index in [-0.39, 0.29) is 11.7 Å². The number of hydrogen-bond donors (Lipinski definition) is 2. The van der Waals surface area contributed by atoms with E-state index in [1.165, 1.54) is 6.92 Å². The molecule has 1 fully saturated rings. The fourth-order valence-electron chi connectivity index (χ4n) is 2.76. The van der Waals surface area contributed by atoms with Crippen molar-refractivity contribution in [2.75, 3.05) is 7.11 Å². The van der Waals surface area contributed by atoms with Crippen LogP contribution in [0.25, 0.3) is 0 Å². The van der Waals surface area contributed by atoms with Gasteiger partial charge in [0.2, 0.25) is 0 Å². The Morgan fingerprint density at radius 2 is 1.82 bits per heavy atom. The lowest BCUT2D eigenvalue weighted by Gasteiger charge is -2.15. The van der Waals surface area contributed by atoms with Crippen molar-refractivity contribution in [2.24, 2.45) is 17.4 Å². The molecule has 4 N–H and O–H groups in total. The topological polar surface area (TPSA) is 78.3 Å². The zero-order chi connectivity index (χ0) is 12.8. The fraction of sp³-hybridized carbons (Fsp3) is 0.462. The summed E-state index contributed by atoms with van der Waals surface area (Å²) in [5, 5.41) is 0. The second-order valence-electron chi connectivity index (χ2n) is 4.92. The number of Topliss-reactive ketones (excluding diaryl/α,β-unsaturated/α-hetero) is 1. The molecule has 4 nitrogen and oxygen atoms in total. The molecule has 0 bridgehead atoms. The zero-order valence-corrected chi connectivity index (χ0v) is 10.4. The number of carbonyl (C=O) groups excluding carboxylic acids is 1. The summed E-state index contributed by atoms with van der Waals surface area (Å²) in [6.07, 6.45) is 0. The average Bonchev–Trinajstić information content (AvgIpc) is 2.74. The highest BCUT2D eigenvalue weighted by Gasteiger charge is 2.72. The molecule has 0 radical (unpaired) electrons. The number of benzene rings is 1. The monoisotopic (exact) mass is 234 g/mol. The molecule has 92 valence electrons. The Morgan fingerprint density at radius 3 is 2.18 bits per heavy atom. The first-order valence-electron chi connectivity index (χ1n) is 5.58. The van der Waals surface area contributed by atoms with Crippen molar-refractivity contribution in [3.05, 3.63) is 29.8 Å². The molecular formula is C13H18N2O2. The van der Waals surface area contributed by atoms with Crippen molar-refractivity contribution < 1.29 is 9.53 Å². The van der Waals surface area contributed by atoms with Crippen molar-refractivity contribution in [3.8, 4) is 5.75 Å². The predicted molar refractivity (Wildman–Crippen MR) is 65.6 cm³/mol. The first-order chi connectivity index (χ1) is 7.85. The third-order valence-corrected chi connectivity index (χ3v) is 3.84. The van der Waals surface area contributed by atoms with Crippen LogP contribution in [0.5, 0.6) is 5.75 Å². The summed E-state index contributed by atoms with van der Waals surface area (Å²) in [6.45, 7) is 3.36. The van der Waals surface area contributed by atoms with Crippen LogP contribution in [0.2, 0.25) is 0 Å². The lowest BCUT2D eigenvalue weighted by Crippen LogP contribution is -2.36. The van der Waals surface area contributed by atoms with Crippen LogP contribution in [-0.4, -0.2) is 18.4 Å². The molecule has 0 aliphatic heterocycles. The van der Waals surface area contributed by atoms with Crippen LogP contribution < -0.4 is 16.2 Å². The maximum Gasteiger partial charge on any atom is 0.137 e. The molecule has 1 saturated carbocycles. The van der Waals surface area contributed by atoms with Crippen LogP contribution in [0.3, 0.4) is 0 Å². The van der Waals surface area contributed by atoms with Crippen LogP contribution in [0.4, 0.5) is 0 Å². The second-order valence-corrected chi connectivity index (χ2v) is 4.92. The molecule has 0 heterocycles. The Morgan fingerprint density at radius 1 is 1.29 bits per heavy atom. The number of hydrogen-bond acceptors (Lipinski definition) is 4. The Hall–Kier alpha value is -1.39. The number of methoxy groups -OCH3 is 1. The van der Waals surface area contributed by atoms with Gasteiger partial charge < -0.3 is 16.2 Å². The summed E-state index contributed by atoms with van der Waals surface area (Å²) in [6, 6.07) is 7.39. The normalized spacial score (nSPS) is 35.5. The summed E-state index contributed by atoms with van der Waals surface area (Å²) in [5.41, 5.74) is 11.9. The number of ketones is 1. The van der Waals surface area contributed by atoms with Gasteiger partial charge in [-0.1, -0.05) is 12.1 Å².